The molecule has 0 aliphatic carbocycles. The van der Waals surface area contributed by atoms with Gasteiger partial charge in [0.1, 0.15) is 0 Å². The van der Waals surface area contributed by atoms with Crippen molar-refractivity contribution in [2.45, 2.75) is 32.1 Å². The molecule has 6 heteroatoms. The van der Waals surface area contributed by atoms with E-state index >= 15 is 0 Å². The minimum atomic E-state index is -4.62. The van der Waals surface area contributed by atoms with E-state index in [9.17, 15) is 13.2 Å². The van der Waals surface area contributed by atoms with E-state index in [4.69, 9.17) is 5.41 Å². The smallest absolute Gasteiger partial charge is 0.466 e. The molecule has 12 heavy (non-hydrogen) atoms. The van der Waals surface area contributed by atoms with E-state index in [2.05, 4.69) is 4.43 Å². The molecule has 0 amide bonds. The molecule has 0 atom stereocenters. The number of hydrogen-bond acceptors (Lipinski definition) is 2. The van der Waals surface area contributed by atoms with Gasteiger partial charge in [-0.1, -0.05) is 13.8 Å². The van der Waals surface area contributed by atoms with Crippen molar-refractivity contribution in [3.8, 4) is 0 Å². The summed E-state index contributed by atoms with van der Waals surface area (Å²) < 4.78 is 39.7. The lowest BCUT2D eigenvalue weighted by atomic mass is 10.7. The van der Waals surface area contributed by atoms with Gasteiger partial charge in [-0.05, 0) is 12.1 Å². The zero-order valence-corrected chi connectivity index (χ0v) is 7.96. The highest BCUT2D eigenvalue weighted by Gasteiger charge is 2.37. The monoisotopic (exact) mass is 198 g/mol. The lowest BCUT2D eigenvalue weighted by molar-refractivity contribution is -0.0722. The molecule has 0 aromatic carbocycles. The van der Waals surface area contributed by atoms with Gasteiger partial charge in [-0.2, -0.15) is 13.2 Å². The third-order valence-electron chi connectivity index (χ3n) is 1.29. The highest BCUT2D eigenvalue weighted by molar-refractivity contribution is 6.53. The summed E-state index contributed by atoms with van der Waals surface area (Å²) >= 11 is 0. The SMILES string of the molecule is CC[Si](CC)OC(=N)C(F)(F)F. The molecule has 71 valence electrons. The summed E-state index contributed by atoms with van der Waals surface area (Å²) in [7, 11) is -1.45. The lowest BCUT2D eigenvalue weighted by Crippen LogP contribution is -2.31. The molecule has 1 radical (unpaired) electrons. The standard InChI is InChI=1S/C6H11F3NOSi/c1-3-12(4-2)11-5(10)6(7,8)9/h10H,3-4H2,1-2H3. The number of alkyl halides is 3. The third-order valence-corrected chi connectivity index (χ3v) is 3.36. The van der Waals surface area contributed by atoms with Crippen LogP contribution in [0, 0.1) is 5.41 Å². The van der Waals surface area contributed by atoms with Crippen molar-refractivity contribution in [1.29, 1.82) is 5.41 Å². The highest BCUT2D eigenvalue weighted by atomic mass is 28.3. The minimum Gasteiger partial charge on any atom is -0.526 e. The second-order valence-corrected chi connectivity index (χ2v) is 4.87. The summed E-state index contributed by atoms with van der Waals surface area (Å²) in [5.74, 6) is -1.56. The van der Waals surface area contributed by atoms with Gasteiger partial charge in [0.2, 0.25) is 0 Å². The summed E-state index contributed by atoms with van der Waals surface area (Å²) in [4.78, 5) is 0. The molecule has 0 bridgehead atoms. The van der Waals surface area contributed by atoms with Crippen LogP contribution >= 0.6 is 0 Å². The van der Waals surface area contributed by atoms with E-state index in [1.165, 1.54) is 0 Å². The summed E-state index contributed by atoms with van der Waals surface area (Å²) in [5.41, 5.74) is 0. The third kappa shape index (κ3) is 3.75. The van der Waals surface area contributed by atoms with Crippen LogP contribution in [0.15, 0.2) is 0 Å². The van der Waals surface area contributed by atoms with Crippen molar-refractivity contribution >= 4 is 14.9 Å². The fourth-order valence-corrected chi connectivity index (χ4v) is 1.79. The van der Waals surface area contributed by atoms with Gasteiger partial charge in [-0.3, -0.25) is 5.41 Å². The zero-order valence-electron chi connectivity index (χ0n) is 6.96. The molecule has 0 heterocycles. The van der Waals surface area contributed by atoms with Crippen LogP contribution in [-0.2, 0) is 4.43 Å². The van der Waals surface area contributed by atoms with Crippen molar-refractivity contribution in [2.24, 2.45) is 0 Å². The molecule has 0 aliphatic heterocycles. The number of nitrogens with one attached hydrogen (secondary N) is 1. The first kappa shape index (κ1) is 11.5. The topological polar surface area (TPSA) is 33.1 Å². The van der Waals surface area contributed by atoms with Crippen molar-refractivity contribution < 1.29 is 17.6 Å². The van der Waals surface area contributed by atoms with E-state index in [1.807, 2.05) is 0 Å². The van der Waals surface area contributed by atoms with Crippen molar-refractivity contribution in [3.63, 3.8) is 0 Å². The van der Waals surface area contributed by atoms with E-state index < -0.39 is 21.1 Å². The van der Waals surface area contributed by atoms with E-state index in [1.54, 1.807) is 13.8 Å². The molecular formula is C6H11F3NOSi. The zero-order chi connectivity index (χ0) is 9.78. The van der Waals surface area contributed by atoms with Gasteiger partial charge in [0.05, 0.1) is 0 Å². The number of hydrogen-bond donors (Lipinski definition) is 1. The highest BCUT2D eigenvalue weighted by Crippen LogP contribution is 2.18. The molecule has 0 unspecified atom stereocenters. The molecule has 2 nitrogen and oxygen atoms in total. The maximum absolute atomic E-state index is 11.7. The van der Waals surface area contributed by atoms with Crippen LogP contribution in [0.4, 0.5) is 13.2 Å². The van der Waals surface area contributed by atoms with Gasteiger partial charge in [-0.25, -0.2) is 0 Å². The molecular weight excluding hydrogens is 187 g/mol. The Hall–Kier alpha value is -0.523. The normalized spacial score (nSPS) is 11.8. The average Bonchev–Trinajstić information content (AvgIpc) is 1.97. The van der Waals surface area contributed by atoms with Crippen molar-refractivity contribution in [1.82, 2.24) is 0 Å². The first-order valence-electron chi connectivity index (χ1n) is 3.60. The molecule has 0 saturated heterocycles. The first-order valence-corrected chi connectivity index (χ1v) is 5.42. The van der Waals surface area contributed by atoms with Gasteiger partial charge < -0.3 is 4.43 Å². The van der Waals surface area contributed by atoms with Gasteiger partial charge >= 0.3 is 6.18 Å². The number of rotatable bonds is 3. The lowest BCUT2D eigenvalue weighted by Gasteiger charge is -2.15. The van der Waals surface area contributed by atoms with Gasteiger partial charge in [0, 0.05) is 0 Å². The number of halogens is 3. The molecule has 0 aliphatic rings. The van der Waals surface area contributed by atoms with Crippen LogP contribution in [0.5, 0.6) is 0 Å². The average molecular weight is 198 g/mol. The maximum Gasteiger partial charge on any atom is 0.466 e. The molecule has 1 N–H and O–H groups in total. The largest absolute Gasteiger partial charge is 0.526 e. The Morgan fingerprint density at radius 3 is 2.00 bits per heavy atom. The fraction of sp³-hybridized carbons (Fsp3) is 0.833. The Labute approximate surface area is 71.0 Å². The van der Waals surface area contributed by atoms with E-state index in [0.29, 0.717) is 12.1 Å². The van der Waals surface area contributed by atoms with Crippen molar-refractivity contribution in [2.75, 3.05) is 0 Å². The predicted octanol–water partition coefficient (Wildman–Crippen LogP) is 2.57. The second kappa shape index (κ2) is 4.49. The van der Waals surface area contributed by atoms with E-state index in [-0.39, 0.29) is 0 Å². The van der Waals surface area contributed by atoms with Crippen molar-refractivity contribution in [3.05, 3.63) is 0 Å². The van der Waals surface area contributed by atoms with Gasteiger partial charge in [0.25, 0.3) is 14.9 Å². The van der Waals surface area contributed by atoms with Crippen LogP contribution in [0.3, 0.4) is 0 Å². The Bertz CT molecular complexity index is 155. The molecule has 0 fully saturated rings. The van der Waals surface area contributed by atoms with Crippen LogP contribution in [0.25, 0.3) is 0 Å². The molecule has 0 aromatic heterocycles. The maximum atomic E-state index is 11.7. The van der Waals surface area contributed by atoms with Crippen LogP contribution in [0.1, 0.15) is 13.8 Å². The van der Waals surface area contributed by atoms with Crippen LogP contribution in [-0.4, -0.2) is 21.1 Å². The quantitative estimate of drug-likeness (QED) is 0.422. The van der Waals surface area contributed by atoms with Crippen LogP contribution in [0.2, 0.25) is 12.1 Å². The van der Waals surface area contributed by atoms with Crippen LogP contribution < -0.4 is 0 Å². The Kier molecular flexibility index (Phi) is 4.29. The summed E-state index contributed by atoms with van der Waals surface area (Å²) in [5, 5.41) is 6.56. The first-order chi connectivity index (χ1) is 5.41. The fourth-order valence-electron chi connectivity index (χ4n) is 0.597. The molecule has 0 rings (SSSR count). The summed E-state index contributed by atoms with van der Waals surface area (Å²) in [6, 6.07) is 1.17. The molecule has 0 spiro atoms. The summed E-state index contributed by atoms with van der Waals surface area (Å²) in [6.07, 6.45) is -4.62. The minimum absolute atomic E-state index is 0.583. The molecule has 0 aromatic rings. The second-order valence-electron chi connectivity index (χ2n) is 2.17. The Balaban J connectivity index is 3.99. The van der Waals surface area contributed by atoms with Gasteiger partial charge in [-0.15, -0.1) is 0 Å². The van der Waals surface area contributed by atoms with Gasteiger partial charge in [0.15, 0.2) is 0 Å². The Morgan fingerprint density at radius 1 is 1.33 bits per heavy atom. The summed E-state index contributed by atoms with van der Waals surface area (Å²) in [6.45, 7) is 3.53. The Morgan fingerprint density at radius 2 is 1.75 bits per heavy atom. The molecule has 0 saturated carbocycles. The predicted molar refractivity (Wildman–Crippen MR) is 41.6 cm³/mol. The van der Waals surface area contributed by atoms with E-state index in [0.717, 1.165) is 0 Å².